The van der Waals surface area contributed by atoms with E-state index in [1.165, 1.54) is 0 Å². The standard InChI is InChI=1S/C10H2F7.BrH.Mg/c11-4-2-1-3-5(7(4)12)8(13)9(14)6(3)10(15,16)17;;/h1-2H;1H;/q;;+1/p-1. The topological polar surface area (TPSA) is 0 Å². The van der Waals surface area contributed by atoms with Crippen molar-refractivity contribution in [3.05, 3.63) is 40.7 Å². The van der Waals surface area contributed by atoms with Gasteiger partial charge in [-0.3, -0.25) is 0 Å². The normalized spacial score (nSPS) is 22.5. The Morgan fingerprint density at radius 2 is 1.63 bits per heavy atom. The van der Waals surface area contributed by atoms with Gasteiger partial charge in [0.25, 0.3) is 0 Å². The second-order valence-corrected chi connectivity index (χ2v) is 6.96. The Morgan fingerprint density at radius 3 is 2.11 bits per heavy atom. The number of hydrogen-bond donors (Lipinski definition) is 0. The molecule has 1 aliphatic rings. The average molecular weight is 359 g/mol. The summed E-state index contributed by atoms with van der Waals surface area (Å²) >= 11 is 0.201. The summed E-state index contributed by atoms with van der Waals surface area (Å²) < 4.78 is 89.8. The summed E-state index contributed by atoms with van der Waals surface area (Å²) in [6, 6.07) is 0.999. The molecule has 2 rings (SSSR count). The zero-order valence-corrected chi connectivity index (χ0v) is 11.9. The molecule has 0 N–H and O–H groups in total. The minimum atomic E-state index is -5.14. The van der Waals surface area contributed by atoms with Gasteiger partial charge >= 0.3 is 24.4 Å². The Labute approximate surface area is 118 Å². The van der Waals surface area contributed by atoms with Gasteiger partial charge in [-0.1, -0.05) is 6.07 Å². The number of hydrogen-bond acceptors (Lipinski definition) is 0. The maximum Gasteiger partial charge on any atom is 0.505 e. The third-order valence-electron chi connectivity index (χ3n) is 3.03. The monoisotopic (exact) mass is 358 g/mol. The van der Waals surface area contributed by atoms with Gasteiger partial charge in [0, 0.05) is 0 Å². The number of rotatable bonds is 1. The highest BCUT2D eigenvalue weighted by atomic mass is 79.9. The summed E-state index contributed by atoms with van der Waals surface area (Å²) in [4.78, 5) is 0. The number of fused-ring (bicyclic) bond motifs is 1. The van der Waals surface area contributed by atoms with Crippen molar-refractivity contribution in [2.45, 2.75) is 9.72 Å². The molecular weight excluding hydrogens is 357 g/mol. The van der Waals surface area contributed by atoms with E-state index in [1.807, 2.05) is 0 Å². The number of alkyl halides is 3. The Balaban J connectivity index is 2.88. The molecule has 1 aliphatic carbocycles. The van der Waals surface area contributed by atoms with Crippen molar-refractivity contribution in [3.8, 4) is 0 Å². The van der Waals surface area contributed by atoms with Crippen LogP contribution in [-0.4, -0.2) is 24.4 Å². The maximum absolute atomic E-state index is 13.7. The summed E-state index contributed by atoms with van der Waals surface area (Å²) in [6.07, 6.45) is -5.14. The average Bonchev–Trinajstić information content (AvgIpc) is 2.54. The van der Waals surface area contributed by atoms with Gasteiger partial charge in [0.05, 0.1) is 9.11 Å². The fourth-order valence-electron chi connectivity index (χ4n) is 2.02. The number of allylic oxidation sites excluding steroid dienone is 1. The van der Waals surface area contributed by atoms with E-state index >= 15 is 0 Å². The van der Waals surface area contributed by atoms with E-state index in [9.17, 15) is 30.7 Å². The van der Waals surface area contributed by atoms with Crippen LogP contribution in [0.4, 0.5) is 30.7 Å². The fraction of sp³-hybridized carbons (Fsp3) is 0.200. The molecular formula is C10H2BrF7Mg. The molecule has 0 nitrogen and oxygen atoms in total. The van der Waals surface area contributed by atoms with Gasteiger partial charge in [-0.05, 0) is 11.6 Å². The van der Waals surface area contributed by atoms with Gasteiger partial charge < -0.3 is 12.9 Å². The molecule has 0 aliphatic heterocycles. The van der Waals surface area contributed by atoms with Gasteiger partial charge in [0.2, 0.25) is 0 Å². The van der Waals surface area contributed by atoms with Crippen molar-refractivity contribution >= 4 is 36.9 Å². The third-order valence-corrected chi connectivity index (χ3v) is 7.04. The molecule has 0 spiro atoms. The molecule has 0 bridgehead atoms. The van der Waals surface area contributed by atoms with Gasteiger partial charge in [0.15, 0.2) is 17.5 Å². The van der Waals surface area contributed by atoms with Crippen LogP contribution < -0.4 is 0 Å². The molecule has 1 unspecified atom stereocenters. The summed E-state index contributed by atoms with van der Waals surface area (Å²) in [6.45, 7) is 0. The van der Waals surface area contributed by atoms with Crippen LogP contribution in [0.15, 0.2) is 18.0 Å². The van der Waals surface area contributed by atoms with Gasteiger partial charge in [-0.15, -0.1) is 0 Å². The highest BCUT2D eigenvalue weighted by molar-refractivity contribution is 9.23. The molecule has 19 heavy (non-hydrogen) atoms. The van der Waals surface area contributed by atoms with Crippen molar-refractivity contribution in [1.29, 1.82) is 0 Å². The van der Waals surface area contributed by atoms with Crippen LogP contribution in [0.2, 0.25) is 0 Å². The van der Waals surface area contributed by atoms with Crippen LogP contribution in [0.3, 0.4) is 0 Å². The van der Waals surface area contributed by atoms with E-state index in [2.05, 4.69) is 12.9 Å². The van der Waals surface area contributed by atoms with Crippen LogP contribution in [0.1, 0.15) is 11.1 Å². The van der Waals surface area contributed by atoms with Crippen molar-refractivity contribution in [1.82, 2.24) is 0 Å². The molecule has 0 amide bonds. The van der Waals surface area contributed by atoms with Crippen molar-refractivity contribution in [2.75, 3.05) is 0 Å². The van der Waals surface area contributed by atoms with Crippen LogP contribution in [-0.2, 0) is 3.54 Å². The van der Waals surface area contributed by atoms with Crippen LogP contribution in [0.5, 0.6) is 0 Å². The largest absolute Gasteiger partial charge is 0.505 e. The van der Waals surface area contributed by atoms with Gasteiger partial charge in [-0.25, -0.2) is 17.6 Å². The Kier molecular flexibility index (Phi) is 3.68. The Hall–Kier alpha value is -0.284. The lowest BCUT2D eigenvalue weighted by atomic mass is 9.97. The molecule has 0 radical (unpaired) electrons. The van der Waals surface area contributed by atoms with Crippen LogP contribution in [0, 0.1) is 11.6 Å². The molecule has 0 aromatic heterocycles. The van der Waals surface area contributed by atoms with E-state index < -0.39 is 62.3 Å². The lowest BCUT2D eigenvalue weighted by Crippen LogP contribution is -2.45. The predicted octanol–water partition coefficient (Wildman–Crippen LogP) is 4.36. The van der Waals surface area contributed by atoms with Crippen molar-refractivity contribution in [3.63, 3.8) is 0 Å². The number of halogens is 8. The van der Waals surface area contributed by atoms with Crippen LogP contribution in [0.25, 0.3) is 5.83 Å². The first-order valence-corrected chi connectivity index (χ1v) is 9.46. The first-order valence-electron chi connectivity index (χ1n) is 4.85. The molecule has 0 saturated heterocycles. The highest BCUT2D eigenvalue weighted by Crippen LogP contribution is 2.56. The second-order valence-electron chi connectivity index (χ2n) is 3.95. The summed E-state index contributed by atoms with van der Waals surface area (Å²) in [7, 11) is 0. The highest BCUT2D eigenvalue weighted by Gasteiger charge is 2.63. The lowest BCUT2D eigenvalue weighted by molar-refractivity contribution is -0.158. The molecule has 0 fully saturated rings. The second kappa shape index (κ2) is 4.63. The minimum absolute atomic E-state index is 0.428. The Bertz CT molecular complexity index is 580. The van der Waals surface area contributed by atoms with Crippen molar-refractivity contribution < 1.29 is 30.7 Å². The van der Waals surface area contributed by atoms with E-state index in [-0.39, 0.29) is 0 Å². The molecule has 1 aromatic carbocycles. The molecule has 0 saturated carbocycles. The first-order chi connectivity index (χ1) is 8.68. The molecule has 9 heteroatoms. The minimum Gasteiger partial charge on any atom is -0.304 e. The van der Waals surface area contributed by atoms with Gasteiger partial charge in [0.1, 0.15) is 5.83 Å². The summed E-state index contributed by atoms with van der Waals surface area (Å²) in [5.74, 6) is -7.44. The Morgan fingerprint density at radius 1 is 1.05 bits per heavy atom. The zero-order valence-electron chi connectivity index (χ0n) is 8.89. The van der Waals surface area contributed by atoms with Gasteiger partial charge in [-0.2, -0.15) is 13.2 Å². The quantitative estimate of drug-likeness (QED) is 0.516. The van der Waals surface area contributed by atoms with Crippen LogP contribution >= 0.6 is 12.9 Å². The van der Waals surface area contributed by atoms with E-state index in [1.54, 1.807) is 0 Å². The fourth-order valence-corrected chi connectivity index (χ4v) is 5.48. The maximum atomic E-state index is 13.7. The first kappa shape index (κ1) is 15.1. The van der Waals surface area contributed by atoms with E-state index in [0.29, 0.717) is 12.1 Å². The molecule has 100 valence electrons. The number of benzene rings is 1. The third kappa shape index (κ3) is 1.84. The smallest absolute Gasteiger partial charge is 0.304 e. The lowest BCUT2D eigenvalue weighted by Gasteiger charge is -2.31. The van der Waals surface area contributed by atoms with E-state index in [0.717, 1.165) is 0 Å². The molecule has 0 heterocycles. The molecule has 1 atom stereocenters. The van der Waals surface area contributed by atoms with E-state index in [4.69, 9.17) is 0 Å². The van der Waals surface area contributed by atoms with Crippen molar-refractivity contribution in [2.24, 2.45) is 0 Å². The summed E-state index contributed by atoms with van der Waals surface area (Å²) in [5.41, 5.74) is -2.20. The zero-order chi connectivity index (χ0) is 14.6. The molecule has 1 aromatic rings. The SMILES string of the molecule is FC1=C(F)[C]([Mg][Br])(C(F)(F)F)c2ccc(F)c(F)c21. The predicted molar refractivity (Wildman–Crippen MR) is 57.9 cm³/mol. The summed E-state index contributed by atoms with van der Waals surface area (Å²) in [5, 5.41) is 0.